The number of hydrogen-bond acceptors (Lipinski definition) is 2. The predicted molar refractivity (Wildman–Crippen MR) is 79.0 cm³/mol. The second-order valence-corrected chi connectivity index (χ2v) is 5.85. The molecule has 2 rings (SSSR count). The van der Waals surface area contributed by atoms with Gasteiger partial charge in [-0.1, -0.05) is 19.3 Å². The second-order valence-electron chi connectivity index (χ2n) is 5.85. The Morgan fingerprint density at radius 3 is 2.47 bits per heavy atom. The maximum atomic E-state index is 13.8. The van der Waals surface area contributed by atoms with Crippen molar-refractivity contribution in [3.05, 3.63) is 29.1 Å². The molecule has 0 aliphatic heterocycles. The van der Waals surface area contributed by atoms with Crippen LogP contribution in [0, 0.1) is 12.7 Å². The van der Waals surface area contributed by atoms with E-state index in [1.807, 2.05) is 19.9 Å². The lowest BCUT2D eigenvalue weighted by Crippen LogP contribution is -2.34. The normalized spacial score (nSPS) is 18.4. The zero-order valence-electron chi connectivity index (χ0n) is 12.2. The van der Waals surface area contributed by atoms with Crippen LogP contribution in [0.1, 0.15) is 56.2 Å². The van der Waals surface area contributed by atoms with Crippen molar-refractivity contribution in [2.24, 2.45) is 5.73 Å². The number of aryl methyl sites for hydroxylation is 1. The van der Waals surface area contributed by atoms with Crippen LogP contribution < -0.4 is 10.6 Å². The van der Waals surface area contributed by atoms with Gasteiger partial charge in [0.2, 0.25) is 0 Å². The highest BCUT2D eigenvalue weighted by Crippen LogP contribution is 2.32. The Labute approximate surface area is 115 Å². The molecule has 2 N–H and O–H groups in total. The Hall–Kier alpha value is -1.09. The summed E-state index contributed by atoms with van der Waals surface area (Å²) in [6, 6.07) is 3.98. The molecule has 1 aromatic carbocycles. The van der Waals surface area contributed by atoms with Gasteiger partial charge in [-0.2, -0.15) is 0 Å². The third kappa shape index (κ3) is 3.08. The molecule has 3 heteroatoms. The number of anilines is 1. The molecule has 0 amide bonds. The predicted octanol–water partition coefficient (Wildman–Crippen LogP) is 3.92. The summed E-state index contributed by atoms with van der Waals surface area (Å²) in [5.74, 6) is -0.159. The highest BCUT2D eigenvalue weighted by Gasteiger charge is 2.22. The van der Waals surface area contributed by atoms with Gasteiger partial charge in [0.25, 0.3) is 0 Å². The van der Waals surface area contributed by atoms with E-state index < -0.39 is 0 Å². The van der Waals surface area contributed by atoms with Crippen LogP contribution in [0.3, 0.4) is 0 Å². The summed E-state index contributed by atoms with van der Waals surface area (Å²) in [6.07, 6.45) is 6.38. The topological polar surface area (TPSA) is 29.3 Å². The zero-order chi connectivity index (χ0) is 14.0. The van der Waals surface area contributed by atoms with Crippen LogP contribution in [-0.4, -0.2) is 13.1 Å². The lowest BCUT2D eigenvalue weighted by atomic mass is 9.93. The smallest absolute Gasteiger partial charge is 0.126 e. The molecule has 0 saturated heterocycles. The van der Waals surface area contributed by atoms with Crippen molar-refractivity contribution in [2.45, 2.75) is 58.0 Å². The molecule has 19 heavy (non-hydrogen) atoms. The Balaban J connectivity index is 2.33. The van der Waals surface area contributed by atoms with Gasteiger partial charge in [-0.25, -0.2) is 4.39 Å². The molecular formula is C16H25FN2. The monoisotopic (exact) mass is 264 g/mol. The average Bonchev–Trinajstić information content (AvgIpc) is 2.41. The average molecular weight is 264 g/mol. The van der Waals surface area contributed by atoms with E-state index in [-0.39, 0.29) is 11.9 Å². The van der Waals surface area contributed by atoms with Crippen LogP contribution in [0.5, 0.6) is 0 Å². The largest absolute Gasteiger partial charge is 0.371 e. The van der Waals surface area contributed by atoms with Gasteiger partial charge < -0.3 is 10.6 Å². The molecule has 1 saturated carbocycles. The molecule has 1 aliphatic carbocycles. The van der Waals surface area contributed by atoms with Gasteiger partial charge in [0.05, 0.1) is 0 Å². The van der Waals surface area contributed by atoms with Crippen molar-refractivity contribution in [1.82, 2.24) is 0 Å². The lowest BCUT2D eigenvalue weighted by Gasteiger charge is -2.35. The van der Waals surface area contributed by atoms with Gasteiger partial charge in [0.15, 0.2) is 0 Å². The van der Waals surface area contributed by atoms with Gasteiger partial charge in [-0.05, 0) is 49.9 Å². The minimum atomic E-state index is -0.159. The van der Waals surface area contributed by atoms with E-state index in [0.717, 1.165) is 11.3 Å². The number of nitrogens with zero attached hydrogens (tertiary/aromatic N) is 1. The fraction of sp³-hybridized carbons (Fsp3) is 0.625. The van der Waals surface area contributed by atoms with Gasteiger partial charge in [0.1, 0.15) is 5.82 Å². The van der Waals surface area contributed by atoms with Gasteiger partial charge in [-0.15, -0.1) is 0 Å². The molecule has 1 aromatic rings. The fourth-order valence-corrected chi connectivity index (χ4v) is 3.02. The van der Waals surface area contributed by atoms with E-state index >= 15 is 0 Å². The first-order valence-corrected chi connectivity index (χ1v) is 7.29. The van der Waals surface area contributed by atoms with Crippen LogP contribution >= 0.6 is 0 Å². The molecule has 0 radical (unpaired) electrons. The van der Waals surface area contributed by atoms with E-state index in [4.69, 9.17) is 5.73 Å². The molecule has 0 aromatic heterocycles. The van der Waals surface area contributed by atoms with Crippen LogP contribution in [0.15, 0.2) is 12.1 Å². The standard InChI is InChI=1S/C16H25FN2/c1-11-9-16(14(12(2)18)10-15(11)17)19(3)13-7-5-4-6-8-13/h9-10,12-13H,4-8,18H2,1-3H3/t12-/m0/s1. The molecule has 1 atom stereocenters. The summed E-state index contributed by atoms with van der Waals surface area (Å²) < 4.78 is 13.8. The number of nitrogens with two attached hydrogens (primary N) is 1. The van der Waals surface area contributed by atoms with E-state index in [0.29, 0.717) is 11.6 Å². The molecular weight excluding hydrogens is 239 g/mol. The minimum Gasteiger partial charge on any atom is -0.371 e. The minimum absolute atomic E-state index is 0.142. The van der Waals surface area contributed by atoms with E-state index in [1.54, 1.807) is 6.07 Å². The molecule has 0 bridgehead atoms. The van der Waals surface area contributed by atoms with Gasteiger partial charge in [0, 0.05) is 24.8 Å². The molecule has 1 aliphatic rings. The molecule has 1 fully saturated rings. The highest BCUT2D eigenvalue weighted by atomic mass is 19.1. The van der Waals surface area contributed by atoms with E-state index in [2.05, 4.69) is 11.9 Å². The molecule has 0 heterocycles. The maximum Gasteiger partial charge on any atom is 0.126 e. The second kappa shape index (κ2) is 5.91. The highest BCUT2D eigenvalue weighted by molar-refractivity contribution is 5.57. The third-order valence-corrected chi connectivity index (χ3v) is 4.30. The Morgan fingerprint density at radius 1 is 1.26 bits per heavy atom. The Kier molecular flexibility index (Phi) is 4.46. The first-order chi connectivity index (χ1) is 9.00. The first-order valence-electron chi connectivity index (χ1n) is 7.29. The van der Waals surface area contributed by atoms with Crippen molar-refractivity contribution >= 4 is 5.69 Å². The zero-order valence-corrected chi connectivity index (χ0v) is 12.2. The lowest BCUT2D eigenvalue weighted by molar-refractivity contribution is 0.426. The summed E-state index contributed by atoms with van der Waals surface area (Å²) in [4.78, 5) is 2.31. The number of halogens is 1. The van der Waals surface area contributed by atoms with Crippen LogP contribution in [0.2, 0.25) is 0 Å². The van der Waals surface area contributed by atoms with Crippen molar-refractivity contribution in [3.63, 3.8) is 0 Å². The number of benzene rings is 1. The van der Waals surface area contributed by atoms with Crippen molar-refractivity contribution < 1.29 is 4.39 Å². The third-order valence-electron chi connectivity index (χ3n) is 4.30. The van der Waals surface area contributed by atoms with Gasteiger partial charge >= 0.3 is 0 Å². The summed E-state index contributed by atoms with van der Waals surface area (Å²) in [6.45, 7) is 3.74. The van der Waals surface area contributed by atoms with Crippen molar-refractivity contribution in [3.8, 4) is 0 Å². The summed E-state index contributed by atoms with van der Waals surface area (Å²) >= 11 is 0. The summed E-state index contributed by atoms with van der Waals surface area (Å²) in [5.41, 5.74) is 8.71. The van der Waals surface area contributed by atoms with Crippen molar-refractivity contribution in [1.29, 1.82) is 0 Å². The van der Waals surface area contributed by atoms with Crippen LogP contribution in [0.25, 0.3) is 0 Å². The first kappa shape index (κ1) is 14.3. The van der Waals surface area contributed by atoms with Crippen molar-refractivity contribution in [2.75, 3.05) is 11.9 Å². The van der Waals surface area contributed by atoms with E-state index in [9.17, 15) is 4.39 Å². The summed E-state index contributed by atoms with van der Waals surface area (Å²) in [5, 5.41) is 0. The maximum absolute atomic E-state index is 13.8. The SMILES string of the molecule is Cc1cc(N(C)C2CCCCC2)c([C@H](C)N)cc1F. The van der Waals surface area contributed by atoms with E-state index in [1.165, 1.54) is 32.1 Å². The molecule has 0 unspecified atom stereocenters. The Morgan fingerprint density at radius 2 is 1.89 bits per heavy atom. The van der Waals surface area contributed by atoms with Crippen LogP contribution in [0.4, 0.5) is 10.1 Å². The number of hydrogen-bond donors (Lipinski definition) is 1. The quantitative estimate of drug-likeness (QED) is 0.896. The molecule has 0 spiro atoms. The van der Waals surface area contributed by atoms with Gasteiger partial charge in [-0.3, -0.25) is 0 Å². The summed E-state index contributed by atoms with van der Waals surface area (Å²) in [7, 11) is 2.12. The Bertz CT molecular complexity index is 437. The number of rotatable bonds is 3. The molecule has 106 valence electrons. The van der Waals surface area contributed by atoms with Crippen LogP contribution in [-0.2, 0) is 0 Å². The fourth-order valence-electron chi connectivity index (χ4n) is 3.02. The molecule has 2 nitrogen and oxygen atoms in total.